The molecule has 9 rings (SSSR count). The van der Waals surface area contributed by atoms with E-state index in [-0.39, 0.29) is 41.8 Å². The quantitative estimate of drug-likeness (QED) is 0.0156. The number of carbonyl (C=O) groups is 7. The maximum absolute atomic E-state index is 14.5. The number of aliphatic hydroxyl groups excluding tert-OH is 1. The number of esters is 6. The zero-order valence-electron chi connectivity index (χ0n) is 47.0. The molecule has 0 aromatic heterocycles. The van der Waals surface area contributed by atoms with E-state index in [1.807, 2.05) is 0 Å². The van der Waals surface area contributed by atoms with Gasteiger partial charge >= 0.3 is 35.8 Å². The second kappa shape index (κ2) is 30.6. The van der Waals surface area contributed by atoms with Crippen molar-refractivity contribution in [3.8, 4) is 0 Å². The van der Waals surface area contributed by atoms with Crippen LogP contribution in [0.2, 0.25) is 0 Å². The van der Waals surface area contributed by atoms with Crippen LogP contribution in [0.15, 0.2) is 157 Å². The highest BCUT2D eigenvalue weighted by atomic mass is 35.6. The molecule has 1 amide bonds. The van der Waals surface area contributed by atoms with E-state index >= 15 is 0 Å². The SMILES string of the molecule is COC(=O)[C@H]1O[C@@H](O[C@@H]2[C@@H](NC(=O)C(Cl)(Cl)Cl)[C@H](O[C@H]3[C@H](OC(=O)c4ccccc4)[C@@H](OC(=O)c4ccccc4)[C@H](OCCCN=[N+]=[N-])O[C@@H]3C(=O)OC)O[C@@H]3CO[C@@H](c4ccccc4)O[C@@H]23)[C@H](OC(=O)c2ccccc2)[C@@H](OC(=O)c2ccccc2)[C@@H]1O. The lowest BCUT2D eigenvalue weighted by Crippen LogP contribution is -2.72. The number of carbonyl (C=O) groups excluding carboxylic acids is 7. The summed E-state index contributed by atoms with van der Waals surface area (Å²) in [7, 11) is 1.97. The van der Waals surface area contributed by atoms with Crippen molar-refractivity contribution >= 4 is 76.5 Å². The Hall–Kier alpha value is -7.79. The van der Waals surface area contributed by atoms with Crippen LogP contribution in [-0.4, -0.2) is 177 Å². The highest BCUT2D eigenvalue weighted by Crippen LogP contribution is 2.42. The molecule has 4 aliphatic rings. The molecule has 4 fully saturated rings. The van der Waals surface area contributed by atoms with Crippen LogP contribution in [0.4, 0.5) is 0 Å². The van der Waals surface area contributed by atoms with Crippen molar-refractivity contribution in [3.05, 3.63) is 190 Å². The van der Waals surface area contributed by atoms with Gasteiger partial charge in [-0.3, -0.25) is 4.79 Å². The molecule has 0 saturated carbocycles. The Balaban J connectivity index is 1.20. The predicted octanol–water partition coefficient (Wildman–Crippen LogP) is 6.23. The van der Waals surface area contributed by atoms with Gasteiger partial charge in [-0.15, -0.1) is 0 Å². The number of rotatable bonds is 21. The summed E-state index contributed by atoms with van der Waals surface area (Å²) in [5.41, 5.74) is 9.28. The number of amides is 1. The minimum atomic E-state index is -2.82. The first kappa shape index (κ1) is 65.7. The fourth-order valence-electron chi connectivity index (χ4n) is 9.93. The molecule has 89 heavy (non-hydrogen) atoms. The molecule has 5 aromatic rings. The third-order valence-corrected chi connectivity index (χ3v) is 14.7. The number of azide groups is 1. The molecule has 16 atom stereocenters. The minimum absolute atomic E-state index is 0.00532. The van der Waals surface area contributed by atoms with Crippen LogP contribution in [0.1, 0.15) is 59.7 Å². The van der Waals surface area contributed by atoms with E-state index in [2.05, 4.69) is 15.3 Å². The first-order valence-electron chi connectivity index (χ1n) is 27.4. The molecular weight excluding hydrogens is 1240 g/mol. The summed E-state index contributed by atoms with van der Waals surface area (Å²) < 4.78 is 83.8. The van der Waals surface area contributed by atoms with E-state index in [4.69, 9.17) is 107 Å². The third-order valence-electron chi connectivity index (χ3n) is 14.2. The molecule has 0 spiro atoms. The Bertz CT molecular complexity index is 3280. The van der Waals surface area contributed by atoms with Crippen LogP contribution in [-0.2, 0) is 80.7 Å². The third kappa shape index (κ3) is 16.2. The highest BCUT2D eigenvalue weighted by molar-refractivity contribution is 6.76. The van der Waals surface area contributed by atoms with Crippen molar-refractivity contribution in [1.82, 2.24) is 5.32 Å². The largest absolute Gasteiger partial charge is 0.467 e. The van der Waals surface area contributed by atoms with Crippen LogP contribution in [0, 0.1) is 0 Å². The Kier molecular flexibility index (Phi) is 22.6. The highest BCUT2D eigenvalue weighted by Gasteiger charge is 2.61. The number of hydrogen-bond acceptors (Lipinski definition) is 23. The van der Waals surface area contributed by atoms with Gasteiger partial charge in [0.1, 0.15) is 36.6 Å². The number of ether oxygens (including phenoxy) is 14. The molecule has 0 bridgehead atoms. The van der Waals surface area contributed by atoms with Gasteiger partial charge in [-0.05, 0) is 60.5 Å². The normalized spacial score (nSPS) is 28.2. The number of halogens is 3. The maximum atomic E-state index is 14.5. The van der Waals surface area contributed by atoms with Gasteiger partial charge in [0.05, 0.1) is 49.7 Å². The Morgan fingerprint density at radius 2 is 1.02 bits per heavy atom. The smallest absolute Gasteiger partial charge is 0.338 e. The standard InChI is InChI=1S/C60H57Cl3N4O22/c1-76-53(73)43-39(68)42(81-49(69)32-19-8-3-9-20-32)47(83-51(71)34-23-12-5-13-24-34)58(87-43)86-41-38(66-59(75)60(61,62)63)56(80-37-31-79-55(85-40(37)41)36-27-16-7-17-28-36)88-44-45(82-50(70)33-21-10-4-11-22-33)48(84-52(72)35-25-14-6-15-26-35)57(78-30-18-29-65-67-64)89-46(44)54(74)77-2/h3-17,19-28,37-48,55-58,68H,18,29-31H2,1-2H3,(H,66,75)/t37-,38-,39+,40-,41-,42+,43+,44+,45+,46+,47-,48-,55-,56+,57-,58-/m1/s1. The van der Waals surface area contributed by atoms with Crippen molar-refractivity contribution in [1.29, 1.82) is 0 Å². The number of methoxy groups -OCH3 is 2. The Labute approximate surface area is 522 Å². The Morgan fingerprint density at radius 1 is 0.573 bits per heavy atom. The van der Waals surface area contributed by atoms with Crippen LogP contribution < -0.4 is 5.32 Å². The fraction of sp³-hybridized carbons (Fsp3) is 0.383. The van der Waals surface area contributed by atoms with Gasteiger partial charge in [-0.2, -0.15) is 0 Å². The van der Waals surface area contributed by atoms with E-state index in [1.165, 1.54) is 84.9 Å². The number of hydrogen-bond donors (Lipinski definition) is 2. The summed E-state index contributed by atoms with van der Waals surface area (Å²) in [4.78, 5) is 102. The average Bonchev–Trinajstić information content (AvgIpc) is 0.964. The van der Waals surface area contributed by atoms with Gasteiger partial charge in [-0.1, -0.05) is 143 Å². The number of aliphatic hydroxyl groups is 1. The molecule has 470 valence electrons. The summed E-state index contributed by atoms with van der Waals surface area (Å²) in [6.07, 6.45) is -28.6. The summed E-state index contributed by atoms with van der Waals surface area (Å²) in [5.74, 6) is -8.07. The van der Waals surface area contributed by atoms with Gasteiger partial charge in [0.2, 0.25) is 0 Å². The topological polar surface area (TPSA) is 330 Å². The first-order valence-corrected chi connectivity index (χ1v) is 28.6. The van der Waals surface area contributed by atoms with Crippen LogP contribution >= 0.6 is 34.8 Å². The summed E-state index contributed by atoms with van der Waals surface area (Å²) in [6.45, 7) is -0.756. The molecule has 4 heterocycles. The lowest BCUT2D eigenvalue weighted by atomic mass is 9.93. The minimum Gasteiger partial charge on any atom is -0.467 e. The van der Waals surface area contributed by atoms with Crippen LogP contribution in [0.3, 0.4) is 0 Å². The van der Waals surface area contributed by atoms with Gasteiger partial charge < -0.3 is 76.7 Å². The lowest BCUT2D eigenvalue weighted by molar-refractivity contribution is -0.388. The summed E-state index contributed by atoms with van der Waals surface area (Å²) >= 11 is 18.9. The van der Waals surface area contributed by atoms with E-state index in [0.717, 1.165) is 14.2 Å². The van der Waals surface area contributed by atoms with Crippen molar-refractivity contribution in [2.24, 2.45) is 5.11 Å². The maximum Gasteiger partial charge on any atom is 0.338 e. The number of nitrogens with one attached hydrogen (secondary N) is 1. The van der Waals surface area contributed by atoms with E-state index in [9.17, 15) is 38.7 Å². The average molecular weight is 1290 g/mol. The molecule has 0 unspecified atom stereocenters. The van der Waals surface area contributed by atoms with Gasteiger partial charge in [0.25, 0.3) is 9.70 Å². The van der Waals surface area contributed by atoms with Crippen molar-refractivity contribution < 1.29 is 105 Å². The summed E-state index contributed by atoms with van der Waals surface area (Å²) in [6, 6.07) is 36.4. The zero-order chi connectivity index (χ0) is 63.2. The number of benzene rings is 5. The molecule has 0 radical (unpaired) electrons. The zero-order valence-corrected chi connectivity index (χ0v) is 49.3. The lowest BCUT2D eigenvalue weighted by Gasteiger charge is -2.52. The van der Waals surface area contributed by atoms with Crippen LogP contribution in [0.25, 0.3) is 10.4 Å². The molecule has 26 nitrogen and oxygen atoms in total. The fourth-order valence-corrected chi connectivity index (χ4v) is 10.1. The predicted molar refractivity (Wildman–Crippen MR) is 305 cm³/mol. The molecular formula is C60H57Cl3N4O22. The second-order valence-electron chi connectivity index (χ2n) is 19.9. The van der Waals surface area contributed by atoms with E-state index in [0.29, 0.717) is 5.56 Å². The van der Waals surface area contributed by atoms with Gasteiger partial charge in [0, 0.05) is 17.0 Å². The van der Waals surface area contributed by atoms with Gasteiger partial charge in [-0.25, -0.2) is 28.8 Å². The molecule has 5 aromatic carbocycles. The molecule has 4 saturated heterocycles. The van der Waals surface area contributed by atoms with Crippen molar-refractivity contribution in [3.63, 3.8) is 0 Å². The number of fused-ring (bicyclic) bond motifs is 1. The molecule has 2 N–H and O–H groups in total. The molecule has 29 heteroatoms. The second-order valence-corrected chi connectivity index (χ2v) is 22.2. The van der Waals surface area contributed by atoms with Crippen LogP contribution in [0.5, 0.6) is 0 Å². The number of nitrogens with zero attached hydrogens (tertiary/aromatic N) is 3. The van der Waals surface area contributed by atoms with Crippen molar-refractivity contribution in [2.45, 2.75) is 109 Å². The molecule has 4 aliphatic heterocycles. The van der Waals surface area contributed by atoms with E-state index < -0.39 is 150 Å². The van der Waals surface area contributed by atoms with Crippen molar-refractivity contribution in [2.75, 3.05) is 34.0 Å². The van der Waals surface area contributed by atoms with E-state index in [1.54, 1.807) is 66.7 Å². The monoisotopic (exact) mass is 1290 g/mol. The number of alkyl halides is 3. The molecule has 0 aliphatic carbocycles. The first-order chi connectivity index (χ1) is 43.0. The Morgan fingerprint density at radius 3 is 1.52 bits per heavy atom. The van der Waals surface area contributed by atoms with Gasteiger partial charge in [0.15, 0.2) is 61.8 Å². The summed E-state index contributed by atoms with van der Waals surface area (Å²) in [5, 5.41) is 18.1.